The van der Waals surface area contributed by atoms with Crippen LogP contribution in [-0.4, -0.2) is 17.6 Å². The number of pyridine rings is 1. The predicted molar refractivity (Wildman–Crippen MR) is 78.0 cm³/mol. The third-order valence-electron chi connectivity index (χ3n) is 3.02. The van der Waals surface area contributed by atoms with Crippen molar-refractivity contribution in [3.8, 4) is 0 Å². The summed E-state index contributed by atoms with van der Waals surface area (Å²) in [6, 6.07) is 9.06. The highest BCUT2D eigenvalue weighted by atomic mass is 32.1. The quantitative estimate of drug-likeness (QED) is 0.826. The number of aryl methyl sites for hydroxylation is 1. The summed E-state index contributed by atoms with van der Waals surface area (Å²) >= 11 is 1.85. The summed E-state index contributed by atoms with van der Waals surface area (Å²) in [4.78, 5) is 5.66. The zero-order valence-electron chi connectivity index (χ0n) is 10.8. The molecule has 0 aliphatic carbocycles. The molecule has 18 heavy (non-hydrogen) atoms. The van der Waals surface area contributed by atoms with E-state index in [0.29, 0.717) is 6.04 Å². The van der Waals surface area contributed by atoms with E-state index in [-0.39, 0.29) is 0 Å². The maximum Gasteiger partial charge on any atom is 0.0300 e. The molecule has 0 saturated heterocycles. The zero-order chi connectivity index (χ0) is 12.6. The third kappa shape index (κ3) is 4.24. The number of likely N-dealkylation sites (N-methyl/N-ethyl adjacent to an activating group) is 1. The minimum Gasteiger partial charge on any atom is -0.314 e. The molecular formula is C15H20N2S. The molecule has 2 aromatic rings. The number of hydrogen-bond acceptors (Lipinski definition) is 3. The zero-order valence-corrected chi connectivity index (χ0v) is 11.6. The molecule has 0 fully saturated rings. The lowest BCUT2D eigenvalue weighted by atomic mass is 10.0. The molecule has 0 saturated carbocycles. The molecular weight excluding hydrogens is 240 g/mol. The van der Waals surface area contributed by atoms with Crippen molar-refractivity contribution in [2.45, 2.75) is 32.2 Å². The number of nitrogens with zero attached hydrogens (tertiary/aromatic N) is 1. The van der Waals surface area contributed by atoms with Crippen LogP contribution in [0.2, 0.25) is 0 Å². The fourth-order valence-electron chi connectivity index (χ4n) is 2.14. The summed E-state index contributed by atoms with van der Waals surface area (Å²) in [6.07, 6.45) is 7.21. The Hall–Kier alpha value is -1.19. The normalized spacial score (nSPS) is 12.5. The Balaban J connectivity index is 1.87. The maximum atomic E-state index is 4.18. The van der Waals surface area contributed by atoms with Gasteiger partial charge in [0.05, 0.1) is 0 Å². The SMILES string of the molecule is CCNC(CCc1cccs1)Cc1cccnc1. The van der Waals surface area contributed by atoms with E-state index in [2.05, 4.69) is 40.8 Å². The standard InChI is InChI=1S/C15H20N2S/c1-2-17-14(7-8-15-6-4-10-18-15)11-13-5-3-9-16-12-13/h3-6,9-10,12,14,17H,2,7-8,11H2,1H3. The first-order valence-electron chi connectivity index (χ1n) is 6.53. The Morgan fingerprint density at radius 2 is 2.28 bits per heavy atom. The van der Waals surface area contributed by atoms with Crippen molar-refractivity contribution in [1.82, 2.24) is 10.3 Å². The molecule has 2 nitrogen and oxygen atoms in total. The second kappa shape index (κ2) is 7.29. The molecule has 0 aliphatic heterocycles. The highest BCUT2D eigenvalue weighted by Crippen LogP contribution is 2.14. The number of hydrogen-bond donors (Lipinski definition) is 1. The van der Waals surface area contributed by atoms with E-state index in [1.165, 1.54) is 16.9 Å². The van der Waals surface area contributed by atoms with E-state index in [9.17, 15) is 0 Å². The molecule has 3 heteroatoms. The summed E-state index contributed by atoms with van der Waals surface area (Å²) in [5.41, 5.74) is 1.31. The van der Waals surface area contributed by atoms with Crippen LogP contribution in [0, 0.1) is 0 Å². The first kappa shape index (κ1) is 13.2. The Kier molecular flexibility index (Phi) is 5.36. The maximum absolute atomic E-state index is 4.18. The lowest BCUT2D eigenvalue weighted by molar-refractivity contribution is 0.492. The molecule has 1 atom stereocenters. The van der Waals surface area contributed by atoms with Gasteiger partial charge in [-0.1, -0.05) is 19.1 Å². The Labute approximate surface area is 113 Å². The van der Waals surface area contributed by atoms with Crippen LogP contribution in [0.25, 0.3) is 0 Å². The van der Waals surface area contributed by atoms with Gasteiger partial charge in [-0.05, 0) is 48.9 Å². The van der Waals surface area contributed by atoms with E-state index in [1.807, 2.05) is 29.8 Å². The van der Waals surface area contributed by atoms with Gasteiger partial charge in [0.1, 0.15) is 0 Å². The van der Waals surface area contributed by atoms with Gasteiger partial charge in [-0.3, -0.25) is 4.98 Å². The molecule has 0 aliphatic rings. The number of rotatable bonds is 7. The average Bonchev–Trinajstić information content (AvgIpc) is 2.91. The largest absolute Gasteiger partial charge is 0.314 e. The van der Waals surface area contributed by atoms with E-state index >= 15 is 0 Å². The van der Waals surface area contributed by atoms with Crippen molar-refractivity contribution in [3.05, 3.63) is 52.5 Å². The van der Waals surface area contributed by atoms with Crippen LogP contribution in [0.5, 0.6) is 0 Å². The molecule has 0 spiro atoms. The highest BCUT2D eigenvalue weighted by molar-refractivity contribution is 7.09. The molecule has 0 bridgehead atoms. The third-order valence-corrected chi connectivity index (χ3v) is 3.95. The fraction of sp³-hybridized carbons (Fsp3) is 0.400. The second-order valence-electron chi connectivity index (χ2n) is 4.44. The van der Waals surface area contributed by atoms with Crippen LogP contribution in [0.15, 0.2) is 42.0 Å². The molecule has 2 aromatic heterocycles. The topological polar surface area (TPSA) is 24.9 Å². The second-order valence-corrected chi connectivity index (χ2v) is 5.47. The van der Waals surface area contributed by atoms with Crippen LogP contribution in [0.3, 0.4) is 0 Å². The molecule has 0 radical (unpaired) electrons. The molecule has 0 amide bonds. The predicted octanol–water partition coefficient (Wildman–Crippen LogP) is 3.30. The summed E-state index contributed by atoms with van der Waals surface area (Å²) in [5, 5.41) is 5.72. The summed E-state index contributed by atoms with van der Waals surface area (Å²) < 4.78 is 0. The molecule has 1 N–H and O–H groups in total. The van der Waals surface area contributed by atoms with Gasteiger partial charge in [-0.2, -0.15) is 0 Å². The number of thiophene rings is 1. The van der Waals surface area contributed by atoms with E-state index in [0.717, 1.165) is 19.4 Å². The van der Waals surface area contributed by atoms with Crippen molar-refractivity contribution in [1.29, 1.82) is 0 Å². The Morgan fingerprint density at radius 1 is 1.33 bits per heavy atom. The van der Waals surface area contributed by atoms with Gasteiger partial charge in [0.15, 0.2) is 0 Å². The first-order valence-corrected chi connectivity index (χ1v) is 7.41. The van der Waals surface area contributed by atoms with Crippen molar-refractivity contribution >= 4 is 11.3 Å². The fourth-order valence-corrected chi connectivity index (χ4v) is 2.86. The van der Waals surface area contributed by atoms with Gasteiger partial charge in [-0.25, -0.2) is 0 Å². The van der Waals surface area contributed by atoms with Crippen LogP contribution < -0.4 is 5.32 Å². The Bertz CT molecular complexity index is 425. The molecule has 2 heterocycles. The van der Waals surface area contributed by atoms with Crippen molar-refractivity contribution in [3.63, 3.8) is 0 Å². The summed E-state index contributed by atoms with van der Waals surface area (Å²) in [7, 11) is 0. The highest BCUT2D eigenvalue weighted by Gasteiger charge is 2.09. The lowest BCUT2D eigenvalue weighted by Gasteiger charge is -2.17. The van der Waals surface area contributed by atoms with E-state index < -0.39 is 0 Å². The monoisotopic (exact) mass is 260 g/mol. The number of nitrogens with one attached hydrogen (secondary N) is 1. The minimum absolute atomic E-state index is 0.543. The minimum atomic E-state index is 0.543. The van der Waals surface area contributed by atoms with Crippen molar-refractivity contribution in [2.24, 2.45) is 0 Å². The van der Waals surface area contributed by atoms with Crippen LogP contribution in [0.4, 0.5) is 0 Å². The molecule has 96 valence electrons. The Morgan fingerprint density at radius 3 is 2.94 bits per heavy atom. The van der Waals surface area contributed by atoms with Gasteiger partial charge >= 0.3 is 0 Å². The smallest absolute Gasteiger partial charge is 0.0300 e. The van der Waals surface area contributed by atoms with Gasteiger partial charge < -0.3 is 5.32 Å². The van der Waals surface area contributed by atoms with Crippen LogP contribution >= 0.6 is 11.3 Å². The van der Waals surface area contributed by atoms with Crippen LogP contribution in [0.1, 0.15) is 23.8 Å². The summed E-state index contributed by atoms with van der Waals surface area (Å²) in [5.74, 6) is 0. The van der Waals surface area contributed by atoms with Gasteiger partial charge in [0.25, 0.3) is 0 Å². The van der Waals surface area contributed by atoms with E-state index in [4.69, 9.17) is 0 Å². The summed E-state index contributed by atoms with van der Waals surface area (Å²) in [6.45, 7) is 3.19. The number of aromatic nitrogens is 1. The lowest BCUT2D eigenvalue weighted by Crippen LogP contribution is -2.31. The molecule has 0 aromatic carbocycles. The van der Waals surface area contributed by atoms with Crippen LogP contribution in [-0.2, 0) is 12.8 Å². The molecule has 2 rings (SSSR count). The van der Waals surface area contributed by atoms with E-state index in [1.54, 1.807) is 0 Å². The van der Waals surface area contributed by atoms with Crippen molar-refractivity contribution < 1.29 is 0 Å². The first-order chi connectivity index (χ1) is 8.88. The van der Waals surface area contributed by atoms with Crippen molar-refractivity contribution in [2.75, 3.05) is 6.54 Å². The molecule has 1 unspecified atom stereocenters. The van der Waals surface area contributed by atoms with Gasteiger partial charge in [-0.15, -0.1) is 11.3 Å². The average molecular weight is 260 g/mol. The van der Waals surface area contributed by atoms with Gasteiger partial charge in [0.2, 0.25) is 0 Å². The van der Waals surface area contributed by atoms with Gasteiger partial charge in [0, 0.05) is 23.3 Å².